The van der Waals surface area contributed by atoms with E-state index in [-0.39, 0.29) is 23.3 Å². The second-order valence-corrected chi connectivity index (χ2v) is 7.00. The van der Waals surface area contributed by atoms with Crippen LogP contribution in [-0.2, 0) is 0 Å². The molecule has 0 radical (unpaired) electrons. The molecule has 0 aliphatic heterocycles. The number of carbonyl (C=O) groups excluding carboxylic acids is 2. The molecular formula is C21H24N4O2. The molecule has 1 aromatic carbocycles. The molecule has 2 amide bonds. The first-order chi connectivity index (χ1) is 13.0. The van der Waals surface area contributed by atoms with Crippen molar-refractivity contribution in [2.75, 3.05) is 11.9 Å². The van der Waals surface area contributed by atoms with Crippen LogP contribution in [0.1, 0.15) is 46.9 Å². The average Bonchev–Trinajstić information content (AvgIpc) is 3.01. The number of aromatic nitrogens is 2. The summed E-state index contributed by atoms with van der Waals surface area (Å²) in [6.45, 7) is 6.74. The predicted molar refractivity (Wildman–Crippen MR) is 106 cm³/mol. The molecule has 0 fully saturated rings. The van der Waals surface area contributed by atoms with Crippen molar-refractivity contribution in [1.29, 1.82) is 0 Å². The Hall–Kier alpha value is -3.15. The Balaban J connectivity index is 1.87. The summed E-state index contributed by atoms with van der Waals surface area (Å²) in [4.78, 5) is 29.7. The lowest BCUT2D eigenvalue weighted by Gasteiger charge is -2.06. The Kier molecular flexibility index (Phi) is 5.54. The van der Waals surface area contributed by atoms with Crippen molar-refractivity contribution in [3.8, 4) is 0 Å². The van der Waals surface area contributed by atoms with Crippen molar-refractivity contribution in [3.63, 3.8) is 0 Å². The zero-order chi connectivity index (χ0) is 19.4. The topological polar surface area (TPSA) is 75.5 Å². The van der Waals surface area contributed by atoms with E-state index in [1.54, 1.807) is 16.7 Å². The first-order valence-corrected chi connectivity index (χ1v) is 9.09. The second kappa shape index (κ2) is 8.03. The number of rotatable bonds is 6. The number of hydrogen-bond acceptors (Lipinski definition) is 3. The summed E-state index contributed by atoms with van der Waals surface area (Å²) in [6.07, 6.45) is 2.62. The summed E-state index contributed by atoms with van der Waals surface area (Å²) in [5.74, 6) is 0.0821. The minimum absolute atomic E-state index is 0.212. The van der Waals surface area contributed by atoms with Crippen molar-refractivity contribution in [2.45, 2.75) is 27.2 Å². The van der Waals surface area contributed by atoms with E-state index >= 15 is 0 Å². The van der Waals surface area contributed by atoms with E-state index < -0.39 is 0 Å². The Morgan fingerprint density at radius 3 is 2.67 bits per heavy atom. The van der Waals surface area contributed by atoms with Crippen LogP contribution in [0.5, 0.6) is 0 Å². The van der Waals surface area contributed by atoms with Gasteiger partial charge in [0.2, 0.25) is 5.82 Å². The quantitative estimate of drug-likeness (QED) is 0.701. The zero-order valence-corrected chi connectivity index (χ0v) is 15.8. The van der Waals surface area contributed by atoms with Gasteiger partial charge in [0.15, 0.2) is 5.69 Å². The first-order valence-electron chi connectivity index (χ1n) is 9.09. The van der Waals surface area contributed by atoms with Gasteiger partial charge in [-0.1, -0.05) is 32.0 Å². The highest BCUT2D eigenvalue weighted by molar-refractivity contribution is 6.08. The van der Waals surface area contributed by atoms with Gasteiger partial charge in [0.05, 0.1) is 5.52 Å². The van der Waals surface area contributed by atoms with Crippen LogP contribution >= 0.6 is 0 Å². The fraction of sp³-hybridized carbons (Fsp3) is 0.286. The molecule has 3 rings (SSSR count). The smallest absolute Gasteiger partial charge is 0.287 e. The van der Waals surface area contributed by atoms with Crippen molar-refractivity contribution in [2.24, 2.45) is 5.92 Å². The summed E-state index contributed by atoms with van der Waals surface area (Å²) in [7, 11) is 0. The third-order valence-electron chi connectivity index (χ3n) is 4.25. The van der Waals surface area contributed by atoms with Crippen LogP contribution in [0.15, 0.2) is 48.7 Å². The zero-order valence-electron chi connectivity index (χ0n) is 15.8. The lowest BCUT2D eigenvalue weighted by atomic mass is 10.1. The molecule has 3 aromatic rings. The van der Waals surface area contributed by atoms with Crippen LogP contribution in [0.4, 0.5) is 5.69 Å². The summed E-state index contributed by atoms with van der Waals surface area (Å²) in [5, 5.41) is 5.73. The first kappa shape index (κ1) is 18.6. The standard InChI is InChI=1S/C21H24N4O2/c1-14(2)10-11-22-21(27)19-24-18(17-9-4-5-12-25(17)19)20(26)23-16-8-6-7-15(3)13-16/h4-9,12-14H,10-11H2,1-3H3,(H,22,27)(H,23,26). The molecule has 0 spiro atoms. The molecule has 140 valence electrons. The lowest BCUT2D eigenvalue weighted by molar-refractivity contribution is 0.0941. The number of imidazole rings is 1. The fourth-order valence-corrected chi connectivity index (χ4v) is 2.83. The summed E-state index contributed by atoms with van der Waals surface area (Å²) in [5.41, 5.74) is 2.57. The Morgan fingerprint density at radius 2 is 1.93 bits per heavy atom. The largest absolute Gasteiger partial charge is 0.349 e. The van der Waals surface area contributed by atoms with Crippen molar-refractivity contribution in [1.82, 2.24) is 14.7 Å². The number of amides is 2. The van der Waals surface area contributed by atoms with Crippen LogP contribution in [0.3, 0.4) is 0 Å². The highest BCUT2D eigenvalue weighted by atomic mass is 16.2. The van der Waals surface area contributed by atoms with Crippen LogP contribution < -0.4 is 10.6 Å². The summed E-state index contributed by atoms with van der Waals surface area (Å²) < 4.78 is 1.65. The van der Waals surface area contributed by atoms with Gasteiger partial charge in [0.1, 0.15) is 0 Å². The maximum absolute atomic E-state index is 12.8. The van der Waals surface area contributed by atoms with Gasteiger partial charge in [0, 0.05) is 18.4 Å². The molecule has 0 atom stereocenters. The van der Waals surface area contributed by atoms with E-state index in [0.717, 1.165) is 12.0 Å². The number of aryl methyl sites for hydroxylation is 1. The molecule has 0 saturated heterocycles. The second-order valence-electron chi connectivity index (χ2n) is 7.00. The van der Waals surface area contributed by atoms with Crippen LogP contribution in [0.2, 0.25) is 0 Å². The number of nitrogens with one attached hydrogen (secondary N) is 2. The Morgan fingerprint density at radius 1 is 1.11 bits per heavy atom. The molecule has 6 heteroatoms. The van der Waals surface area contributed by atoms with E-state index in [0.29, 0.717) is 23.7 Å². The molecule has 27 heavy (non-hydrogen) atoms. The van der Waals surface area contributed by atoms with Crippen molar-refractivity contribution >= 4 is 23.0 Å². The van der Waals surface area contributed by atoms with Gasteiger partial charge >= 0.3 is 0 Å². The van der Waals surface area contributed by atoms with Crippen LogP contribution in [0, 0.1) is 12.8 Å². The molecule has 0 unspecified atom stereocenters. The van der Waals surface area contributed by atoms with Gasteiger partial charge < -0.3 is 10.6 Å². The number of hydrogen-bond donors (Lipinski definition) is 2. The van der Waals surface area contributed by atoms with Gasteiger partial charge in [0.25, 0.3) is 11.8 Å². The number of pyridine rings is 1. The van der Waals surface area contributed by atoms with Crippen molar-refractivity contribution < 1.29 is 9.59 Å². The third-order valence-corrected chi connectivity index (χ3v) is 4.25. The third kappa shape index (κ3) is 4.34. The highest BCUT2D eigenvalue weighted by Crippen LogP contribution is 2.16. The van der Waals surface area contributed by atoms with Gasteiger partial charge in [-0.2, -0.15) is 0 Å². The Labute approximate surface area is 158 Å². The molecule has 0 aliphatic carbocycles. The van der Waals surface area contributed by atoms with Crippen LogP contribution in [0.25, 0.3) is 5.52 Å². The maximum atomic E-state index is 12.8. The van der Waals surface area contributed by atoms with Crippen molar-refractivity contribution in [3.05, 3.63) is 65.7 Å². The van der Waals surface area contributed by atoms with Crippen LogP contribution in [-0.4, -0.2) is 27.7 Å². The van der Waals surface area contributed by atoms with E-state index in [1.165, 1.54) is 0 Å². The van der Waals surface area contributed by atoms with Gasteiger partial charge in [-0.05, 0) is 49.1 Å². The molecule has 0 bridgehead atoms. The minimum atomic E-state index is -0.342. The van der Waals surface area contributed by atoms with E-state index in [2.05, 4.69) is 29.5 Å². The van der Waals surface area contributed by atoms with Gasteiger partial charge in [-0.3, -0.25) is 14.0 Å². The minimum Gasteiger partial charge on any atom is -0.349 e. The molecule has 0 saturated carbocycles. The number of carbonyl (C=O) groups is 2. The number of nitrogens with zero attached hydrogens (tertiary/aromatic N) is 2. The molecule has 2 N–H and O–H groups in total. The molecular weight excluding hydrogens is 340 g/mol. The van der Waals surface area contributed by atoms with E-state index in [9.17, 15) is 9.59 Å². The van der Waals surface area contributed by atoms with E-state index in [1.807, 2.05) is 43.3 Å². The number of fused-ring (bicyclic) bond motifs is 1. The van der Waals surface area contributed by atoms with E-state index in [4.69, 9.17) is 0 Å². The maximum Gasteiger partial charge on any atom is 0.287 e. The fourth-order valence-electron chi connectivity index (χ4n) is 2.83. The molecule has 0 aliphatic rings. The normalized spacial score (nSPS) is 11.0. The molecule has 2 aromatic heterocycles. The Bertz CT molecular complexity index is 975. The average molecular weight is 364 g/mol. The summed E-state index contributed by atoms with van der Waals surface area (Å²) >= 11 is 0. The molecule has 6 nitrogen and oxygen atoms in total. The van der Waals surface area contributed by atoms with Gasteiger partial charge in [-0.15, -0.1) is 0 Å². The monoisotopic (exact) mass is 364 g/mol. The predicted octanol–water partition coefficient (Wildman–Crippen LogP) is 3.67. The molecule has 2 heterocycles. The number of benzene rings is 1. The lowest BCUT2D eigenvalue weighted by Crippen LogP contribution is -2.27. The van der Waals surface area contributed by atoms with Gasteiger partial charge in [-0.25, -0.2) is 4.98 Å². The number of anilines is 1. The SMILES string of the molecule is Cc1cccc(NC(=O)c2nc(C(=O)NCCC(C)C)n3ccccc23)c1. The summed E-state index contributed by atoms with van der Waals surface area (Å²) in [6, 6.07) is 13.0. The highest BCUT2D eigenvalue weighted by Gasteiger charge is 2.21.